The molecule has 4 rings (SSSR count). The third-order valence-corrected chi connectivity index (χ3v) is 4.99. The van der Waals surface area contributed by atoms with Gasteiger partial charge >= 0.3 is 0 Å². The van der Waals surface area contributed by atoms with Crippen LogP contribution in [0.5, 0.6) is 11.5 Å². The van der Waals surface area contributed by atoms with Gasteiger partial charge in [-0.05, 0) is 47.0 Å². The fourth-order valence-corrected chi connectivity index (χ4v) is 3.35. The van der Waals surface area contributed by atoms with Gasteiger partial charge in [-0.25, -0.2) is 0 Å². The molecule has 0 aliphatic heterocycles. The highest BCUT2D eigenvalue weighted by atomic mass is 16.5. The molecule has 0 aliphatic carbocycles. The Morgan fingerprint density at radius 1 is 0.677 bits per heavy atom. The van der Waals surface area contributed by atoms with E-state index in [4.69, 9.17) is 15.2 Å². The monoisotopic (exact) mass is 411 g/mol. The molecule has 0 heterocycles. The van der Waals surface area contributed by atoms with Gasteiger partial charge < -0.3 is 20.3 Å². The van der Waals surface area contributed by atoms with Crippen molar-refractivity contribution in [1.82, 2.24) is 0 Å². The molecule has 0 aromatic heterocycles. The van der Waals surface area contributed by atoms with Crippen LogP contribution in [0.3, 0.4) is 0 Å². The van der Waals surface area contributed by atoms with Crippen LogP contribution in [-0.2, 0) is 13.2 Å². The lowest BCUT2D eigenvalue weighted by molar-refractivity contribution is 0.208. The Balaban J connectivity index is 1.59. The van der Waals surface area contributed by atoms with E-state index in [-0.39, 0.29) is 0 Å². The van der Waals surface area contributed by atoms with Gasteiger partial charge in [-0.3, -0.25) is 0 Å². The van der Waals surface area contributed by atoms with Crippen molar-refractivity contribution in [3.05, 3.63) is 125 Å². The molecule has 0 saturated heterocycles. The zero-order valence-electron chi connectivity index (χ0n) is 17.1. The van der Waals surface area contributed by atoms with Gasteiger partial charge in [-0.2, -0.15) is 0 Å². The van der Waals surface area contributed by atoms with Gasteiger partial charge in [0.15, 0.2) is 0 Å². The first kappa shape index (κ1) is 20.5. The van der Waals surface area contributed by atoms with Gasteiger partial charge in [0, 0.05) is 11.3 Å². The minimum atomic E-state index is -0.894. The number of aliphatic hydroxyl groups excluding tert-OH is 1. The van der Waals surface area contributed by atoms with Crippen LogP contribution in [-0.4, -0.2) is 5.11 Å². The second-order valence-corrected chi connectivity index (χ2v) is 7.32. The maximum Gasteiger partial charge on any atom is 0.126 e. The summed E-state index contributed by atoms with van der Waals surface area (Å²) in [6.07, 6.45) is -0.894. The average Bonchev–Trinajstić information content (AvgIpc) is 2.82. The summed E-state index contributed by atoms with van der Waals surface area (Å²) in [5.74, 6) is 1.26. The number of benzene rings is 4. The van der Waals surface area contributed by atoms with Crippen LogP contribution in [0.2, 0.25) is 0 Å². The number of rotatable bonds is 8. The third kappa shape index (κ3) is 5.44. The first-order valence-corrected chi connectivity index (χ1v) is 10.2. The zero-order valence-corrected chi connectivity index (χ0v) is 17.1. The summed E-state index contributed by atoms with van der Waals surface area (Å²) in [6.45, 7) is 0.848. The van der Waals surface area contributed by atoms with Crippen molar-refractivity contribution in [3.8, 4) is 11.5 Å². The highest BCUT2D eigenvalue weighted by molar-refractivity contribution is 5.48. The van der Waals surface area contributed by atoms with E-state index in [1.54, 1.807) is 12.1 Å². The van der Waals surface area contributed by atoms with Crippen LogP contribution in [0.1, 0.15) is 28.4 Å². The van der Waals surface area contributed by atoms with Crippen molar-refractivity contribution in [1.29, 1.82) is 0 Å². The summed E-state index contributed by atoms with van der Waals surface area (Å²) < 4.78 is 12.0. The Kier molecular flexibility index (Phi) is 6.50. The molecular formula is C27H25NO3. The van der Waals surface area contributed by atoms with Crippen LogP contribution in [0.4, 0.5) is 5.69 Å². The van der Waals surface area contributed by atoms with Gasteiger partial charge in [0.2, 0.25) is 0 Å². The summed E-state index contributed by atoms with van der Waals surface area (Å²) in [4.78, 5) is 0. The number of nitrogens with two attached hydrogens (primary N) is 1. The summed E-state index contributed by atoms with van der Waals surface area (Å²) in [7, 11) is 0. The fraction of sp³-hybridized carbons (Fsp3) is 0.111. The van der Waals surface area contributed by atoms with Crippen molar-refractivity contribution >= 4 is 5.69 Å². The molecule has 4 nitrogen and oxygen atoms in total. The highest BCUT2D eigenvalue weighted by Gasteiger charge is 2.18. The Hall–Kier alpha value is -3.76. The summed E-state index contributed by atoms with van der Waals surface area (Å²) >= 11 is 0. The van der Waals surface area contributed by atoms with Gasteiger partial charge in [0.25, 0.3) is 0 Å². The highest BCUT2D eigenvalue weighted by Crippen LogP contribution is 2.34. The molecule has 1 unspecified atom stereocenters. The molecule has 1 atom stereocenters. The van der Waals surface area contributed by atoms with Gasteiger partial charge in [-0.1, -0.05) is 72.8 Å². The summed E-state index contributed by atoms with van der Waals surface area (Å²) in [6, 6.07) is 32.7. The topological polar surface area (TPSA) is 64.7 Å². The van der Waals surface area contributed by atoms with E-state index in [2.05, 4.69) is 0 Å². The maximum absolute atomic E-state index is 11.1. The predicted molar refractivity (Wildman–Crippen MR) is 123 cm³/mol. The largest absolute Gasteiger partial charge is 0.489 e. The quantitative estimate of drug-likeness (QED) is 0.375. The minimum Gasteiger partial charge on any atom is -0.489 e. The molecule has 3 N–H and O–H groups in total. The second kappa shape index (κ2) is 9.83. The number of nitrogen functional groups attached to an aromatic ring is 1. The van der Waals surface area contributed by atoms with Gasteiger partial charge in [0.05, 0.1) is 0 Å². The van der Waals surface area contributed by atoms with Crippen LogP contribution >= 0.6 is 0 Å². The van der Waals surface area contributed by atoms with Gasteiger partial charge in [-0.15, -0.1) is 0 Å². The molecule has 0 bridgehead atoms. The lowest BCUT2D eigenvalue weighted by Gasteiger charge is -2.19. The van der Waals surface area contributed by atoms with E-state index < -0.39 is 6.10 Å². The molecule has 0 saturated carbocycles. The van der Waals surface area contributed by atoms with Crippen LogP contribution < -0.4 is 15.2 Å². The third-order valence-electron chi connectivity index (χ3n) is 4.99. The number of hydrogen-bond acceptors (Lipinski definition) is 4. The molecular weight excluding hydrogens is 386 g/mol. The van der Waals surface area contributed by atoms with Crippen LogP contribution in [0.15, 0.2) is 103 Å². The summed E-state index contributed by atoms with van der Waals surface area (Å²) in [5, 5.41) is 11.1. The number of aliphatic hydroxyl groups is 1. The van der Waals surface area contributed by atoms with E-state index >= 15 is 0 Å². The van der Waals surface area contributed by atoms with Crippen LogP contribution in [0, 0.1) is 0 Å². The SMILES string of the molecule is Nc1cccc(C(O)c2cc(OCc3ccccc3)ccc2OCc2ccccc2)c1. The first-order valence-electron chi connectivity index (χ1n) is 10.2. The van der Waals surface area contributed by atoms with E-state index in [9.17, 15) is 5.11 Å². The minimum absolute atomic E-state index is 0.404. The van der Waals surface area contributed by atoms with E-state index in [1.165, 1.54) is 0 Å². The molecule has 156 valence electrons. The molecule has 0 amide bonds. The Morgan fingerprint density at radius 3 is 1.97 bits per heavy atom. The zero-order chi connectivity index (χ0) is 21.5. The smallest absolute Gasteiger partial charge is 0.126 e. The first-order chi connectivity index (χ1) is 15.2. The summed E-state index contributed by atoms with van der Waals surface area (Å²) in [5.41, 5.74) is 9.98. The number of ether oxygens (including phenoxy) is 2. The Morgan fingerprint density at radius 2 is 1.32 bits per heavy atom. The lowest BCUT2D eigenvalue weighted by atomic mass is 10.00. The second-order valence-electron chi connectivity index (χ2n) is 7.32. The molecule has 0 fully saturated rings. The maximum atomic E-state index is 11.1. The van der Waals surface area contributed by atoms with E-state index in [1.807, 2.05) is 91.0 Å². The van der Waals surface area contributed by atoms with Crippen molar-refractivity contribution in [2.24, 2.45) is 0 Å². The fourth-order valence-electron chi connectivity index (χ4n) is 3.35. The van der Waals surface area contributed by atoms with Crippen molar-refractivity contribution < 1.29 is 14.6 Å². The average molecular weight is 412 g/mol. The standard InChI is InChI=1S/C27H25NO3/c28-23-13-7-12-22(16-23)27(29)25-17-24(30-18-20-8-3-1-4-9-20)14-15-26(25)31-19-21-10-5-2-6-11-21/h1-17,27,29H,18-19,28H2. The van der Waals surface area contributed by atoms with Gasteiger partial charge in [0.1, 0.15) is 30.8 Å². The Bertz CT molecular complexity index is 1110. The molecule has 31 heavy (non-hydrogen) atoms. The van der Waals surface area contributed by atoms with Crippen molar-refractivity contribution in [2.45, 2.75) is 19.3 Å². The van der Waals surface area contributed by atoms with Crippen molar-refractivity contribution in [3.63, 3.8) is 0 Å². The van der Waals surface area contributed by atoms with E-state index in [0.717, 1.165) is 11.1 Å². The van der Waals surface area contributed by atoms with Crippen LogP contribution in [0.25, 0.3) is 0 Å². The Labute approximate surface area is 182 Å². The molecule has 0 aliphatic rings. The predicted octanol–water partition coefficient (Wildman–Crippen LogP) is 5.51. The molecule has 4 aromatic rings. The van der Waals surface area contributed by atoms with Crippen molar-refractivity contribution in [2.75, 3.05) is 5.73 Å². The molecule has 0 radical (unpaired) electrons. The number of hydrogen-bond donors (Lipinski definition) is 2. The number of anilines is 1. The van der Waals surface area contributed by atoms with E-state index in [0.29, 0.717) is 41.5 Å². The molecule has 0 spiro atoms. The molecule has 4 aromatic carbocycles. The molecule has 4 heteroatoms. The lowest BCUT2D eigenvalue weighted by Crippen LogP contribution is -2.06. The normalized spacial score (nSPS) is 11.6.